The molecule has 0 N–H and O–H groups in total. The zero-order chi connectivity index (χ0) is 24.1. The van der Waals surface area contributed by atoms with E-state index in [-0.39, 0.29) is 29.6 Å². The molecule has 0 bridgehead atoms. The van der Waals surface area contributed by atoms with Crippen LogP contribution in [-0.4, -0.2) is 53.8 Å². The van der Waals surface area contributed by atoms with Crippen LogP contribution in [0.25, 0.3) is 0 Å². The van der Waals surface area contributed by atoms with E-state index < -0.39 is 70.2 Å². The van der Waals surface area contributed by atoms with E-state index in [2.05, 4.69) is 0 Å². The fourth-order valence-corrected chi connectivity index (χ4v) is 2.16. The molecule has 0 unspecified atom stereocenters. The third-order valence-corrected chi connectivity index (χ3v) is 4.44. The topological polar surface area (TPSA) is 57.2 Å². The normalized spacial score (nSPS) is 15.7. The minimum atomic E-state index is -8.42. The summed E-state index contributed by atoms with van der Waals surface area (Å²) in [6.07, 6.45) is -3.83. The Morgan fingerprint density at radius 1 is 0.633 bits per heavy atom. The van der Waals surface area contributed by atoms with E-state index in [9.17, 15) is 74.4 Å². The molecule has 0 amide bonds. The van der Waals surface area contributed by atoms with Gasteiger partial charge in [0.15, 0.2) is 10.1 Å². The van der Waals surface area contributed by atoms with E-state index in [4.69, 9.17) is 0 Å². The molecule has 0 aromatic heterocycles. The fraction of sp³-hybridized carbons (Fsp3) is 1.00. The summed E-state index contributed by atoms with van der Waals surface area (Å²) in [5, 5.41) is -7.72. The van der Waals surface area contributed by atoms with Gasteiger partial charge in [-0.1, -0.05) is 13.3 Å². The Labute approximate surface area is 181 Å². The Morgan fingerprint density at radius 3 is 1.23 bits per heavy atom. The van der Waals surface area contributed by atoms with Crippen molar-refractivity contribution >= 4 is 10.1 Å². The van der Waals surface area contributed by atoms with Crippen molar-refractivity contribution in [3.05, 3.63) is 0 Å². The Kier molecular flexibility index (Phi) is 9.31. The molecular formula is C11H9F14NaO3S. The molecule has 0 saturated carbocycles. The van der Waals surface area contributed by atoms with Gasteiger partial charge < -0.3 is 4.55 Å². The first-order chi connectivity index (χ1) is 12.3. The predicted octanol–water partition coefficient (Wildman–Crippen LogP) is 2.13. The van der Waals surface area contributed by atoms with Crippen molar-refractivity contribution in [1.82, 2.24) is 0 Å². The van der Waals surface area contributed by atoms with Gasteiger partial charge in [0.25, 0.3) is 0 Å². The summed E-state index contributed by atoms with van der Waals surface area (Å²) < 4.78 is 215. The minimum absolute atomic E-state index is 0. The van der Waals surface area contributed by atoms with Gasteiger partial charge in [-0.05, 0) is 6.42 Å². The van der Waals surface area contributed by atoms with E-state index in [1.807, 2.05) is 0 Å². The second-order valence-corrected chi connectivity index (χ2v) is 7.07. The van der Waals surface area contributed by atoms with Crippen molar-refractivity contribution < 1.29 is 104 Å². The molecule has 176 valence electrons. The van der Waals surface area contributed by atoms with Gasteiger partial charge >= 0.3 is 70.3 Å². The van der Waals surface area contributed by atoms with Crippen molar-refractivity contribution in [2.75, 3.05) is 0 Å². The molecule has 0 aliphatic carbocycles. The first-order valence-electron chi connectivity index (χ1n) is 6.91. The largest absolute Gasteiger partial charge is 1.00 e. The monoisotopic (exact) mass is 510 g/mol. The molecule has 3 nitrogen and oxygen atoms in total. The van der Waals surface area contributed by atoms with Gasteiger partial charge in [-0.3, -0.25) is 0 Å². The van der Waals surface area contributed by atoms with E-state index in [1.54, 1.807) is 0 Å². The van der Waals surface area contributed by atoms with Gasteiger partial charge in [0, 0.05) is 6.42 Å². The molecule has 0 atom stereocenters. The first-order valence-corrected chi connectivity index (χ1v) is 8.32. The predicted molar refractivity (Wildman–Crippen MR) is 63.9 cm³/mol. The van der Waals surface area contributed by atoms with Crippen molar-refractivity contribution in [3.8, 4) is 0 Å². The quantitative estimate of drug-likeness (QED) is 0.257. The number of halogens is 14. The van der Waals surface area contributed by atoms with Gasteiger partial charge in [-0.15, -0.1) is 0 Å². The molecule has 0 aromatic carbocycles. The van der Waals surface area contributed by atoms with Crippen LogP contribution in [0.15, 0.2) is 0 Å². The van der Waals surface area contributed by atoms with Crippen LogP contribution < -0.4 is 29.6 Å². The van der Waals surface area contributed by atoms with Crippen LogP contribution in [-0.2, 0) is 10.1 Å². The maximum absolute atomic E-state index is 13.3. The fourth-order valence-electron chi connectivity index (χ4n) is 1.72. The molecular weight excluding hydrogens is 501 g/mol. The molecule has 0 rings (SSSR count). The Bertz CT molecular complexity index is 706. The average Bonchev–Trinajstić information content (AvgIpc) is 2.50. The molecule has 0 fully saturated rings. The third kappa shape index (κ3) is 4.39. The van der Waals surface area contributed by atoms with E-state index in [0.29, 0.717) is 0 Å². The molecule has 30 heavy (non-hydrogen) atoms. The van der Waals surface area contributed by atoms with Gasteiger partial charge in [0.2, 0.25) is 0 Å². The molecule has 0 heterocycles. The average molecular weight is 510 g/mol. The standard InChI is InChI=1S/C11H10F14O3S.Na/c1-2-3-4-5(12,13)6(14,15)7(16,17)8(18,19)9(20,21)10(22,23)11(24,25)29(26,27)28;/h2-4H2,1H3,(H,26,27,28);/q;+1/p-1. The van der Waals surface area contributed by atoms with Crippen molar-refractivity contribution in [2.24, 2.45) is 0 Å². The molecule has 0 saturated heterocycles. The summed E-state index contributed by atoms with van der Waals surface area (Å²) in [4.78, 5) is 0. The summed E-state index contributed by atoms with van der Waals surface area (Å²) in [5.74, 6) is -46.9. The zero-order valence-corrected chi connectivity index (χ0v) is 17.4. The summed E-state index contributed by atoms with van der Waals surface area (Å²) in [6.45, 7) is 1.02. The minimum Gasteiger partial charge on any atom is -0.743 e. The van der Waals surface area contributed by atoms with Crippen LogP contribution in [0.3, 0.4) is 0 Å². The van der Waals surface area contributed by atoms with Crippen molar-refractivity contribution in [1.29, 1.82) is 0 Å². The van der Waals surface area contributed by atoms with E-state index >= 15 is 0 Å². The van der Waals surface area contributed by atoms with Crippen LogP contribution in [0, 0.1) is 0 Å². The van der Waals surface area contributed by atoms with Crippen LogP contribution in [0.2, 0.25) is 0 Å². The van der Waals surface area contributed by atoms with Gasteiger partial charge in [-0.25, -0.2) is 8.42 Å². The Balaban J connectivity index is 0. The van der Waals surface area contributed by atoms with Crippen LogP contribution >= 0.6 is 0 Å². The van der Waals surface area contributed by atoms with Crippen LogP contribution in [0.4, 0.5) is 61.5 Å². The summed E-state index contributed by atoms with van der Waals surface area (Å²) in [6, 6.07) is 0. The summed E-state index contributed by atoms with van der Waals surface area (Å²) in [7, 11) is -7.95. The Morgan fingerprint density at radius 2 is 0.933 bits per heavy atom. The summed E-state index contributed by atoms with van der Waals surface area (Å²) in [5.41, 5.74) is 0. The van der Waals surface area contributed by atoms with Crippen LogP contribution in [0.1, 0.15) is 26.2 Å². The maximum Gasteiger partial charge on any atom is 1.00 e. The van der Waals surface area contributed by atoms with Gasteiger partial charge in [0.1, 0.15) is 0 Å². The number of hydrogen-bond donors (Lipinski definition) is 0. The van der Waals surface area contributed by atoms with Gasteiger partial charge in [0.05, 0.1) is 0 Å². The molecule has 0 radical (unpaired) electrons. The smallest absolute Gasteiger partial charge is 0.743 e. The van der Waals surface area contributed by atoms with Gasteiger partial charge in [-0.2, -0.15) is 61.5 Å². The van der Waals surface area contributed by atoms with E-state index in [0.717, 1.165) is 6.92 Å². The van der Waals surface area contributed by atoms with E-state index in [1.165, 1.54) is 0 Å². The Hall–Kier alpha value is -0.0700. The number of rotatable bonds is 10. The molecule has 0 spiro atoms. The molecule has 0 aliphatic rings. The number of unbranched alkanes of at least 4 members (excludes halogenated alkanes) is 1. The van der Waals surface area contributed by atoms with Crippen molar-refractivity contribution in [2.45, 2.75) is 67.0 Å². The molecule has 0 aliphatic heterocycles. The molecule has 19 heteroatoms. The number of hydrogen-bond acceptors (Lipinski definition) is 3. The second-order valence-electron chi connectivity index (χ2n) is 5.65. The second kappa shape index (κ2) is 8.70. The third-order valence-electron chi connectivity index (χ3n) is 3.56. The van der Waals surface area contributed by atoms with Crippen molar-refractivity contribution in [3.63, 3.8) is 0 Å². The summed E-state index contributed by atoms with van der Waals surface area (Å²) >= 11 is 0. The SMILES string of the molecule is CCCCC(F)(F)C(F)(F)C(F)(F)C(F)(F)C(F)(F)C(F)(F)C(F)(F)S(=O)(=O)[O-].[Na+]. The maximum atomic E-state index is 13.3. The zero-order valence-electron chi connectivity index (χ0n) is 14.5. The molecule has 0 aromatic rings. The number of alkyl halides is 14. The first kappa shape index (κ1) is 32.1. The van der Waals surface area contributed by atoms with Crippen LogP contribution in [0.5, 0.6) is 0 Å².